The summed E-state index contributed by atoms with van der Waals surface area (Å²) < 4.78 is 25.0. The van der Waals surface area contributed by atoms with Crippen LogP contribution >= 0.6 is 11.6 Å². The third kappa shape index (κ3) is 4.42. The van der Waals surface area contributed by atoms with Gasteiger partial charge in [0.15, 0.2) is 0 Å². The molecule has 2 atom stereocenters. The van der Waals surface area contributed by atoms with Gasteiger partial charge in [-0.2, -0.15) is 0 Å². The van der Waals surface area contributed by atoms with E-state index < -0.39 is 5.41 Å². The summed E-state index contributed by atoms with van der Waals surface area (Å²) in [5.41, 5.74) is 0.771. The molecule has 1 aromatic carbocycles. The van der Waals surface area contributed by atoms with Crippen molar-refractivity contribution in [3.05, 3.63) is 58.4 Å². The predicted octanol–water partition coefficient (Wildman–Crippen LogP) is 3.68. The molecule has 0 saturated carbocycles. The van der Waals surface area contributed by atoms with Crippen molar-refractivity contribution in [2.75, 3.05) is 26.8 Å². The summed E-state index contributed by atoms with van der Waals surface area (Å²) in [6.45, 7) is 5.21. The smallest absolute Gasteiger partial charge is 0.319 e. The summed E-state index contributed by atoms with van der Waals surface area (Å²) in [7, 11) is 1.58. The highest BCUT2D eigenvalue weighted by molar-refractivity contribution is 6.28. The highest BCUT2D eigenvalue weighted by Gasteiger charge is 2.50. The fourth-order valence-corrected chi connectivity index (χ4v) is 3.93. The van der Waals surface area contributed by atoms with Gasteiger partial charge in [-0.1, -0.05) is 18.2 Å². The first-order valence-electron chi connectivity index (χ1n) is 9.60. The second-order valence-electron chi connectivity index (χ2n) is 7.18. The van der Waals surface area contributed by atoms with E-state index in [1.807, 2.05) is 11.8 Å². The number of hydrogen-bond donors (Lipinski definition) is 0. The van der Waals surface area contributed by atoms with Crippen molar-refractivity contribution in [1.29, 1.82) is 0 Å². The molecule has 0 N–H and O–H groups in total. The van der Waals surface area contributed by atoms with Crippen LogP contribution < -0.4 is 0 Å². The summed E-state index contributed by atoms with van der Waals surface area (Å²) in [5.74, 6) is -0.629. The van der Waals surface area contributed by atoms with Gasteiger partial charge in [-0.05, 0) is 37.9 Å². The molecule has 6 nitrogen and oxygen atoms in total. The molecule has 1 fully saturated rings. The number of methoxy groups -OCH3 is 1. The number of likely N-dealkylation sites (tertiary alicyclic amines) is 1. The fraction of sp³-hybridized carbons (Fsp3) is 0.476. The zero-order chi connectivity index (χ0) is 21.0. The van der Waals surface area contributed by atoms with Crippen molar-refractivity contribution in [1.82, 2.24) is 14.9 Å². The summed E-state index contributed by atoms with van der Waals surface area (Å²) >= 11 is 6.10. The van der Waals surface area contributed by atoms with E-state index in [9.17, 15) is 9.18 Å². The summed E-state index contributed by atoms with van der Waals surface area (Å²) in [6, 6.07) is 6.65. The van der Waals surface area contributed by atoms with Crippen LogP contribution in [0.15, 0.2) is 30.5 Å². The topological polar surface area (TPSA) is 64.5 Å². The summed E-state index contributed by atoms with van der Waals surface area (Å²) in [4.78, 5) is 23.7. The lowest BCUT2D eigenvalue weighted by atomic mass is 9.80. The molecule has 8 heteroatoms. The average molecular weight is 422 g/mol. The first-order chi connectivity index (χ1) is 13.9. The Hall–Kier alpha value is -2.09. The molecule has 3 rings (SSSR count). The van der Waals surface area contributed by atoms with Gasteiger partial charge in [0, 0.05) is 44.1 Å². The van der Waals surface area contributed by atoms with Crippen LogP contribution in [0, 0.1) is 5.82 Å². The van der Waals surface area contributed by atoms with Gasteiger partial charge in [-0.15, -0.1) is 0 Å². The molecule has 29 heavy (non-hydrogen) atoms. The number of hydrogen-bond acceptors (Lipinski definition) is 6. The van der Waals surface area contributed by atoms with E-state index in [0.717, 1.165) is 0 Å². The molecule has 0 bridgehead atoms. The van der Waals surface area contributed by atoms with Crippen LogP contribution in [0.5, 0.6) is 0 Å². The Kier molecular flexibility index (Phi) is 6.82. The van der Waals surface area contributed by atoms with E-state index in [0.29, 0.717) is 42.9 Å². The van der Waals surface area contributed by atoms with Crippen LogP contribution in [0.4, 0.5) is 4.39 Å². The molecule has 1 aliphatic rings. The minimum Gasteiger partial charge on any atom is -0.465 e. The molecule has 1 saturated heterocycles. The van der Waals surface area contributed by atoms with Crippen molar-refractivity contribution in [2.45, 2.75) is 38.3 Å². The monoisotopic (exact) mass is 421 g/mol. The minimum atomic E-state index is -1.02. The van der Waals surface area contributed by atoms with Gasteiger partial charge in [-0.25, -0.2) is 14.4 Å². The van der Waals surface area contributed by atoms with E-state index >= 15 is 0 Å². The summed E-state index contributed by atoms with van der Waals surface area (Å²) in [6.07, 6.45) is 1.75. The second kappa shape index (κ2) is 9.15. The lowest BCUT2D eigenvalue weighted by Gasteiger charge is -2.29. The van der Waals surface area contributed by atoms with E-state index in [1.165, 1.54) is 6.07 Å². The van der Waals surface area contributed by atoms with Crippen LogP contribution in [-0.4, -0.2) is 47.6 Å². The maximum Gasteiger partial charge on any atom is 0.319 e. The third-order valence-corrected chi connectivity index (χ3v) is 5.58. The first kappa shape index (κ1) is 21.6. The van der Waals surface area contributed by atoms with Gasteiger partial charge >= 0.3 is 5.97 Å². The zero-order valence-corrected chi connectivity index (χ0v) is 17.6. The van der Waals surface area contributed by atoms with Gasteiger partial charge in [0.05, 0.1) is 18.4 Å². The Balaban J connectivity index is 2.00. The Morgan fingerprint density at radius 2 is 2.17 bits per heavy atom. The lowest BCUT2D eigenvalue weighted by Crippen LogP contribution is -2.42. The van der Waals surface area contributed by atoms with Crippen molar-refractivity contribution < 1.29 is 18.7 Å². The number of rotatable bonds is 7. The SMILES string of the molecule is CCOC(=O)C1(c2nc(Cl)ncc2C(C)OC)CCN(Cc2ccccc2F)C1. The third-order valence-electron chi connectivity index (χ3n) is 5.40. The molecule has 0 amide bonds. The summed E-state index contributed by atoms with van der Waals surface area (Å²) in [5, 5.41) is 0.0586. The molecule has 0 spiro atoms. The molecule has 2 heterocycles. The molecule has 0 radical (unpaired) electrons. The molecule has 156 valence electrons. The number of aromatic nitrogens is 2. The highest BCUT2D eigenvalue weighted by atomic mass is 35.5. The van der Waals surface area contributed by atoms with Gasteiger partial charge in [-0.3, -0.25) is 9.69 Å². The van der Waals surface area contributed by atoms with E-state index in [4.69, 9.17) is 21.1 Å². The molecular weight excluding hydrogens is 397 g/mol. The van der Waals surface area contributed by atoms with Crippen molar-refractivity contribution in [3.63, 3.8) is 0 Å². The fourth-order valence-electron chi connectivity index (χ4n) is 3.79. The van der Waals surface area contributed by atoms with E-state index in [1.54, 1.807) is 38.4 Å². The maximum atomic E-state index is 14.1. The number of esters is 1. The van der Waals surface area contributed by atoms with Crippen molar-refractivity contribution in [2.24, 2.45) is 0 Å². The van der Waals surface area contributed by atoms with Crippen LogP contribution in [0.1, 0.15) is 43.2 Å². The Morgan fingerprint density at radius 3 is 2.86 bits per heavy atom. The van der Waals surface area contributed by atoms with Gasteiger partial charge in [0.25, 0.3) is 0 Å². The number of halogens is 2. The number of ether oxygens (including phenoxy) is 2. The van der Waals surface area contributed by atoms with Crippen LogP contribution in [0.2, 0.25) is 5.28 Å². The first-order valence-corrected chi connectivity index (χ1v) is 9.97. The molecule has 2 aromatic rings. The van der Waals surface area contributed by atoms with E-state index in [2.05, 4.69) is 9.97 Å². The van der Waals surface area contributed by atoms with Crippen LogP contribution in [-0.2, 0) is 26.2 Å². The Bertz CT molecular complexity index is 882. The maximum absolute atomic E-state index is 14.1. The number of nitrogens with zero attached hydrogens (tertiary/aromatic N) is 3. The number of carbonyl (C=O) groups is 1. The minimum absolute atomic E-state index is 0.0586. The Labute approximate surface area is 175 Å². The zero-order valence-electron chi connectivity index (χ0n) is 16.8. The molecular formula is C21H25ClFN3O3. The molecule has 0 aliphatic carbocycles. The van der Waals surface area contributed by atoms with Gasteiger partial charge in [0.2, 0.25) is 5.28 Å². The van der Waals surface area contributed by atoms with Crippen molar-refractivity contribution >= 4 is 17.6 Å². The molecule has 1 aromatic heterocycles. The van der Waals surface area contributed by atoms with Crippen LogP contribution in [0.3, 0.4) is 0 Å². The van der Waals surface area contributed by atoms with Crippen LogP contribution in [0.25, 0.3) is 0 Å². The normalized spacial score (nSPS) is 20.6. The average Bonchev–Trinajstić information content (AvgIpc) is 3.14. The molecule has 2 unspecified atom stereocenters. The predicted molar refractivity (Wildman–Crippen MR) is 107 cm³/mol. The van der Waals surface area contributed by atoms with Gasteiger partial charge < -0.3 is 9.47 Å². The van der Waals surface area contributed by atoms with Gasteiger partial charge in [0.1, 0.15) is 11.2 Å². The standard InChI is InChI=1S/C21H25ClFN3O3/c1-4-29-19(27)21(18-16(14(2)28-3)11-24-20(22)25-18)9-10-26(13-21)12-15-7-5-6-8-17(15)23/h5-8,11,14H,4,9-10,12-13H2,1-3H3. The van der Waals surface area contributed by atoms with Crippen molar-refractivity contribution in [3.8, 4) is 0 Å². The number of carbonyl (C=O) groups excluding carboxylic acids is 1. The lowest BCUT2D eigenvalue weighted by molar-refractivity contribution is -0.150. The number of benzene rings is 1. The largest absolute Gasteiger partial charge is 0.465 e. The van der Waals surface area contributed by atoms with E-state index in [-0.39, 0.29) is 29.8 Å². The second-order valence-corrected chi connectivity index (χ2v) is 7.51. The molecule has 1 aliphatic heterocycles. The Morgan fingerprint density at radius 1 is 1.41 bits per heavy atom. The highest BCUT2D eigenvalue weighted by Crippen LogP contribution is 2.39. The quantitative estimate of drug-likeness (QED) is 0.502.